The second kappa shape index (κ2) is 10.4. The second-order valence-electron chi connectivity index (χ2n) is 7.67. The summed E-state index contributed by atoms with van der Waals surface area (Å²) in [6, 6.07) is 17.4. The minimum absolute atomic E-state index is 0.317. The smallest absolute Gasteiger partial charge is 0.343 e. The van der Waals surface area contributed by atoms with Crippen LogP contribution in [0.3, 0.4) is 0 Å². The molecule has 0 spiro atoms. The lowest BCUT2D eigenvalue weighted by atomic mass is 10.1. The molecule has 7 nitrogen and oxygen atoms in total. The topological polar surface area (TPSA) is 89.6 Å². The molecular weight excluding hydrogens is 473 g/mol. The molecule has 0 radical (unpaired) electrons. The van der Waals surface area contributed by atoms with Gasteiger partial charge in [-0.3, -0.25) is 0 Å². The van der Waals surface area contributed by atoms with E-state index in [0.29, 0.717) is 44.3 Å². The van der Waals surface area contributed by atoms with Crippen LogP contribution in [-0.2, 0) is 9.53 Å². The Morgan fingerprint density at radius 2 is 1.77 bits per heavy atom. The first-order chi connectivity index (χ1) is 16.8. The van der Waals surface area contributed by atoms with Gasteiger partial charge in [0.25, 0.3) is 0 Å². The van der Waals surface area contributed by atoms with Crippen molar-refractivity contribution in [2.75, 3.05) is 24.4 Å². The molecule has 0 aliphatic rings. The molecule has 9 heteroatoms. The first-order valence-corrected chi connectivity index (χ1v) is 10.9. The number of amides is 2. The largest absolute Gasteiger partial charge is 0.481 e. The highest BCUT2D eigenvalue weighted by Crippen LogP contribution is 2.32. The number of fused-ring (bicyclic) bond motifs is 1. The van der Waals surface area contributed by atoms with Crippen LogP contribution in [0.15, 0.2) is 66.7 Å². The molecule has 0 aliphatic carbocycles. The summed E-state index contributed by atoms with van der Waals surface area (Å²) in [6.45, 7) is 1.59. The molecular formula is C26H21ClFN3O4. The fourth-order valence-corrected chi connectivity index (χ4v) is 3.64. The Hall–Kier alpha value is -4.17. The highest BCUT2D eigenvalue weighted by molar-refractivity contribution is 6.33. The van der Waals surface area contributed by atoms with E-state index < -0.39 is 12.0 Å². The summed E-state index contributed by atoms with van der Waals surface area (Å²) in [5, 5.41) is 6.45. The van der Waals surface area contributed by atoms with Crippen LogP contribution in [0.2, 0.25) is 5.02 Å². The van der Waals surface area contributed by atoms with Crippen LogP contribution in [0.4, 0.5) is 20.6 Å². The molecule has 0 bridgehead atoms. The quantitative estimate of drug-likeness (QED) is 0.312. The van der Waals surface area contributed by atoms with Gasteiger partial charge >= 0.3 is 12.0 Å². The zero-order chi connectivity index (χ0) is 24.9. The van der Waals surface area contributed by atoms with Gasteiger partial charge in [-0.05, 0) is 67.1 Å². The molecule has 4 aromatic rings. The fraction of sp³-hybridized carbons (Fsp3) is 0.115. The van der Waals surface area contributed by atoms with E-state index in [2.05, 4.69) is 20.4 Å². The molecule has 0 fully saturated rings. The Morgan fingerprint density at radius 1 is 1.00 bits per heavy atom. The van der Waals surface area contributed by atoms with E-state index in [1.165, 1.54) is 19.2 Å². The Balaban J connectivity index is 1.64. The molecule has 4 rings (SSSR count). The minimum atomic E-state index is -0.554. The number of hydrogen-bond acceptors (Lipinski definition) is 5. The minimum Gasteiger partial charge on any atom is -0.481 e. The Bertz CT molecular complexity index is 1410. The van der Waals surface area contributed by atoms with E-state index in [0.717, 1.165) is 5.56 Å². The third-order valence-corrected chi connectivity index (χ3v) is 5.43. The number of benzene rings is 3. The number of anilines is 2. The summed E-state index contributed by atoms with van der Waals surface area (Å²) in [7, 11) is 1.27. The standard InChI is InChI=1S/C26H21ClFN3O4/c1-15-3-9-22(20(27)11-15)31-26(33)29-18-8-10-21-19(12-18)24(35-14-25(32)34-2)13-23(30-21)16-4-6-17(28)7-5-16/h3-13H,14H2,1-2H3,(H2,29,31,33). The number of esters is 1. The number of pyridine rings is 1. The van der Waals surface area contributed by atoms with Crippen LogP contribution in [0.1, 0.15) is 5.56 Å². The van der Waals surface area contributed by atoms with Crippen LogP contribution < -0.4 is 15.4 Å². The van der Waals surface area contributed by atoms with Gasteiger partial charge in [-0.15, -0.1) is 0 Å². The van der Waals surface area contributed by atoms with E-state index in [-0.39, 0.29) is 12.4 Å². The molecule has 2 amide bonds. The van der Waals surface area contributed by atoms with E-state index in [1.54, 1.807) is 48.5 Å². The van der Waals surface area contributed by atoms with Crippen molar-refractivity contribution in [1.82, 2.24) is 4.98 Å². The van der Waals surface area contributed by atoms with Crippen molar-refractivity contribution in [3.8, 4) is 17.0 Å². The molecule has 2 N–H and O–H groups in total. The monoisotopic (exact) mass is 493 g/mol. The number of nitrogens with zero attached hydrogens (tertiary/aromatic N) is 1. The normalized spacial score (nSPS) is 10.6. The average Bonchev–Trinajstić information content (AvgIpc) is 2.84. The summed E-state index contributed by atoms with van der Waals surface area (Å²) < 4.78 is 23.7. The van der Waals surface area contributed by atoms with Crippen molar-refractivity contribution in [2.24, 2.45) is 0 Å². The maximum atomic E-state index is 13.4. The molecule has 3 aromatic carbocycles. The Morgan fingerprint density at radius 3 is 2.49 bits per heavy atom. The zero-order valence-corrected chi connectivity index (χ0v) is 19.7. The number of ether oxygens (including phenoxy) is 2. The van der Waals surface area contributed by atoms with Crippen molar-refractivity contribution in [1.29, 1.82) is 0 Å². The van der Waals surface area contributed by atoms with Gasteiger partial charge in [0.2, 0.25) is 0 Å². The van der Waals surface area contributed by atoms with E-state index in [4.69, 9.17) is 16.3 Å². The van der Waals surface area contributed by atoms with Gasteiger partial charge in [-0.25, -0.2) is 19.0 Å². The number of rotatable bonds is 6. The van der Waals surface area contributed by atoms with Crippen LogP contribution in [0, 0.1) is 12.7 Å². The van der Waals surface area contributed by atoms with Crippen molar-refractivity contribution in [2.45, 2.75) is 6.92 Å². The number of carbonyl (C=O) groups is 2. The number of aromatic nitrogens is 1. The molecule has 1 heterocycles. The van der Waals surface area contributed by atoms with E-state index in [9.17, 15) is 14.0 Å². The zero-order valence-electron chi connectivity index (χ0n) is 18.9. The summed E-state index contributed by atoms with van der Waals surface area (Å²) in [5.74, 6) is -0.565. The number of urea groups is 1. The van der Waals surface area contributed by atoms with E-state index >= 15 is 0 Å². The lowest BCUT2D eigenvalue weighted by Gasteiger charge is -2.13. The average molecular weight is 494 g/mol. The van der Waals surface area contributed by atoms with Crippen molar-refractivity contribution >= 4 is 45.9 Å². The van der Waals surface area contributed by atoms with Crippen molar-refractivity contribution < 1.29 is 23.5 Å². The van der Waals surface area contributed by atoms with Gasteiger partial charge < -0.3 is 20.1 Å². The molecule has 1 aromatic heterocycles. The van der Waals surface area contributed by atoms with Crippen LogP contribution in [-0.4, -0.2) is 30.7 Å². The number of carbonyl (C=O) groups excluding carboxylic acids is 2. The summed E-state index contributed by atoms with van der Waals surface area (Å²) in [5.41, 5.74) is 3.68. The fourth-order valence-electron chi connectivity index (χ4n) is 3.36. The maximum absolute atomic E-state index is 13.4. The van der Waals surface area contributed by atoms with E-state index in [1.807, 2.05) is 13.0 Å². The van der Waals surface area contributed by atoms with Gasteiger partial charge in [-0.1, -0.05) is 17.7 Å². The van der Waals surface area contributed by atoms with Gasteiger partial charge in [-0.2, -0.15) is 0 Å². The number of hydrogen-bond donors (Lipinski definition) is 2. The van der Waals surface area contributed by atoms with Crippen LogP contribution >= 0.6 is 11.6 Å². The van der Waals surface area contributed by atoms with Gasteiger partial charge in [0.15, 0.2) is 6.61 Å². The summed E-state index contributed by atoms with van der Waals surface area (Å²) in [6.07, 6.45) is 0. The maximum Gasteiger partial charge on any atom is 0.343 e. The molecule has 0 saturated carbocycles. The number of nitrogens with one attached hydrogen (secondary N) is 2. The SMILES string of the molecule is COC(=O)COc1cc(-c2ccc(F)cc2)nc2ccc(NC(=O)Nc3ccc(C)cc3Cl)cc12. The third kappa shape index (κ3) is 5.85. The lowest BCUT2D eigenvalue weighted by molar-refractivity contribution is -0.142. The van der Waals surface area contributed by atoms with Crippen molar-refractivity contribution in [3.63, 3.8) is 0 Å². The Labute approximate surface area is 205 Å². The highest BCUT2D eigenvalue weighted by Gasteiger charge is 2.13. The molecule has 0 saturated heterocycles. The lowest BCUT2D eigenvalue weighted by Crippen LogP contribution is -2.19. The molecule has 0 unspecified atom stereocenters. The molecule has 0 atom stereocenters. The summed E-state index contributed by atoms with van der Waals surface area (Å²) >= 11 is 6.20. The molecule has 178 valence electrons. The number of methoxy groups -OCH3 is 1. The van der Waals surface area contributed by atoms with Crippen molar-refractivity contribution in [3.05, 3.63) is 83.1 Å². The predicted molar refractivity (Wildman–Crippen MR) is 133 cm³/mol. The van der Waals surface area contributed by atoms with Gasteiger partial charge in [0.05, 0.1) is 29.0 Å². The van der Waals surface area contributed by atoms with Gasteiger partial charge in [0.1, 0.15) is 11.6 Å². The first kappa shape index (κ1) is 24.0. The van der Waals surface area contributed by atoms with Gasteiger partial charge in [0, 0.05) is 22.7 Å². The third-order valence-electron chi connectivity index (χ3n) is 5.11. The number of halogens is 2. The predicted octanol–water partition coefficient (Wildman–Crippen LogP) is 6.20. The Kier molecular flexibility index (Phi) is 7.12. The molecule has 0 aliphatic heterocycles. The van der Waals surface area contributed by atoms with Crippen LogP contribution in [0.5, 0.6) is 5.75 Å². The molecule has 35 heavy (non-hydrogen) atoms. The number of aryl methyl sites for hydroxylation is 1. The van der Waals surface area contributed by atoms with Crippen LogP contribution in [0.25, 0.3) is 22.2 Å². The highest BCUT2D eigenvalue weighted by atomic mass is 35.5. The second-order valence-corrected chi connectivity index (χ2v) is 8.08. The first-order valence-electron chi connectivity index (χ1n) is 10.6. The summed E-state index contributed by atoms with van der Waals surface area (Å²) in [4.78, 5) is 28.8.